The minimum Gasteiger partial charge on any atom is -0.457 e. The van der Waals surface area contributed by atoms with E-state index in [0.29, 0.717) is 17.5 Å². The molecule has 0 aliphatic carbocycles. The fourth-order valence-electron chi connectivity index (χ4n) is 3.68. The number of hydrogen-bond donors (Lipinski definition) is 2. The van der Waals surface area contributed by atoms with Crippen LogP contribution >= 0.6 is 0 Å². The van der Waals surface area contributed by atoms with Gasteiger partial charge in [0.25, 0.3) is 0 Å². The van der Waals surface area contributed by atoms with E-state index >= 15 is 0 Å². The van der Waals surface area contributed by atoms with Crippen LogP contribution in [0, 0.1) is 0 Å². The smallest absolute Gasteiger partial charge is 0.323 e. The topological polar surface area (TPSA) is 56.8 Å². The average Bonchev–Trinajstić information content (AvgIpc) is 3.27. The zero-order valence-corrected chi connectivity index (χ0v) is 17.9. The number of carbonyl (C=O) groups excluding carboxylic acids is 1. The molecule has 2 amide bonds. The Morgan fingerprint density at radius 3 is 2.03 bits per heavy atom. The molecule has 6 heteroatoms. The van der Waals surface area contributed by atoms with E-state index in [0.717, 1.165) is 24.5 Å². The molecule has 0 spiro atoms. The first-order valence-electron chi connectivity index (χ1n) is 10.5. The predicted octanol–water partition coefficient (Wildman–Crippen LogP) is 5.26. The first-order valence-corrected chi connectivity index (χ1v) is 10.5. The molecule has 0 radical (unpaired) electrons. The molecule has 1 aliphatic rings. The number of rotatable bonds is 6. The highest BCUT2D eigenvalue weighted by Crippen LogP contribution is 2.25. The molecule has 1 atom stereocenters. The standard InChI is InChI=1S/C25H28N4O2/c1-28(2)22-16-17-29(18-22)21-12-8-19(9-13-21)26-25(30)27-20-10-14-24(15-11-20)31-23-6-4-3-5-7-23/h3-15,22H,16-18H2,1-2H3,(H2,26,27,30). The van der Waals surface area contributed by atoms with Gasteiger partial charge in [-0.15, -0.1) is 0 Å². The van der Waals surface area contributed by atoms with Gasteiger partial charge in [-0.05, 0) is 81.2 Å². The lowest BCUT2D eigenvalue weighted by atomic mass is 10.2. The number of para-hydroxylation sites is 1. The van der Waals surface area contributed by atoms with Crippen molar-refractivity contribution in [1.82, 2.24) is 4.90 Å². The van der Waals surface area contributed by atoms with Crippen molar-refractivity contribution >= 4 is 23.1 Å². The second-order valence-electron chi connectivity index (χ2n) is 7.92. The van der Waals surface area contributed by atoms with Crippen LogP contribution in [0.4, 0.5) is 21.9 Å². The lowest BCUT2D eigenvalue weighted by molar-refractivity contribution is 0.262. The highest BCUT2D eigenvalue weighted by Gasteiger charge is 2.23. The van der Waals surface area contributed by atoms with Crippen molar-refractivity contribution < 1.29 is 9.53 Å². The van der Waals surface area contributed by atoms with Crippen LogP contribution in [0.25, 0.3) is 0 Å². The minimum absolute atomic E-state index is 0.279. The van der Waals surface area contributed by atoms with Gasteiger partial charge in [0, 0.05) is 36.2 Å². The van der Waals surface area contributed by atoms with Gasteiger partial charge in [0.15, 0.2) is 0 Å². The molecule has 4 rings (SSSR count). The molecule has 1 saturated heterocycles. The van der Waals surface area contributed by atoms with Crippen molar-refractivity contribution in [3.05, 3.63) is 78.9 Å². The normalized spacial score (nSPS) is 15.7. The molecule has 1 aliphatic heterocycles. The zero-order valence-electron chi connectivity index (χ0n) is 17.9. The summed E-state index contributed by atoms with van der Waals surface area (Å²) in [5.41, 5.74) is 2.64. The lowest BCUT2D eigenvalue weighted by Crippen LogP contribution is -2.31. The molecule has 6 nitrogen and oxygen atoms in total. The van der Waals surface area contributed by atoms with Crippen molar-refractivity contribution in [1.29, 1.82) is 0 Å². The van der Waals surface area contributed by atoms with Gasteiger partial charge in [0.1, 0.15) is 11.5 Å². The molecule has 1 fully saturated rings. The second kappa shape index (κ2) is 9.53. The second-order valence-corrected chi connectivity index (χ2v) is 7.92. The molecule has 1 heterocycles. The van der Waals surface area contributed by atoms with Gasteiger partial charge in [0.05, 0.1) is 0 Å². The molecule has 0 saturated carbocycles. The van der Waals surface area contributed by atoms with E-state index in [9.17, 15) is 4.79 Å². The third kappa shape index (κ3) is 5.55. The Labute approximate surface area is 183 Å². The van der Waals surface area contributed by atoms with Crippen LogP contribution in [0.15, 0.2) is 78.9 Å². The number of nitrogens with one attached hydrogen (secondary N) is 2. The molecule has 0 bridgehead atoms. The monoisotopic (exact) mass is 416 g/mol. The van der Waals surface area contributed by atoms with E-state index in [-0.39, 0.29) is 6.03 Å². The molecule has 31 heavy (non-hydrogen) atoms. The third-order valence-corrected chi connectivity index (χ3v) is 5.48. The Balaban J connectivity index is 1.28. The zero-order chi connectivity index (χ0) is 21.6. The first kappa shape index (κ1) is 20.8. The predicted molar refractivity (Wildman–Crippen MR) is 126 cm³/mol. The SMILES string of the molecule is CN(C)C1CCN(c2ccc(NC(=O)Nc3ccc(Oc4ccccc4)cc3)cc2)C1. The lowest BCUT2D eigenvalue weighted by Gasteiger charge is -2.22. The number of urea groups is 1. The van der Waals surface area contributed by atoms with Crippen LogP contribution in [0.2, 0.25) is 0 Å². The van der Waals surface area contributed by atoms with Gasteiger partial charge in [-0.25, -0.2) is 4.79 Å². The number of ether oxygens (including phenoxy) is 1. The summed E-state index contributed by atoms with van der Waals surface area (Å²) in [7, 11) is 4.26. The maximum Gasteiger partial charge on any atom is 0.323 e. The van der Waals surface area contributed by atoms with Gasteiger partial charge >= 0.3 is 6.03 Å². The van der Waals surface area contributed by atoms with E-state index in [1.807, 2.05) is 66.7 Å². The molecule has 3 aromatic rings. The van der Waals surface area contributed by atoms with Crippen LogP contribution in [0.3, 0.4) is 0 Å². The summed E-state index contributed by atoms with van der Waals surface area (Å²) in [6, 6.07) is 25.2. The molecule has 2 N–H and O–H groups in total. The maximum absolute atomic E-state index is 12.3. The molecule has 0 aromatic heterocycles. The van der Waals surface area contributed by atoms with E-state index < -0.39 is 0 Å². The van der Waals surface area contributed by atoms with Gasteiger partial charge in [-0.3, -0.25) is 0 Å². The summed E-state index contributed by atoms with van der Waals surface area (Å²) in [5, 5.41) is 5.73. The highest BCUT2D eigenvalue weighted by molar-refractivity contribution is 5.99. The minimum atomic E-state index is -0.279. The first-order chi connectivity index (χ1) is 15.1. The summed E-state index contributed by atoms with van der Waals surface area (Å²) < 4.78 is 5.77. The van der Waals surface area contributed by atoms with Crippen LogP contribution in [0.5, 0.6) is 11.5 Å². The Morgan fingerprint density at radius 2 is 1.45 bits per heavy atom. The summed E-state index contributed by atoms with van der Waals surface area (Å²) in [6.07, 6.45) is 1.17. The maximum atomic E-state index is 12.3. The Bertz CT molecular complexity index is 988. The quantitative estimate of drug-likeness (QED) is 0.575. The van der Waals surface area contributed by atoms with Crippen molar-refractivity contribution in [3.8, 4) is 11.5 Å². The molecular formula is C25H28N4O2. The van der Waals surface area contributed by atoms with Crippen molar-refractivity contribution in [2.75, 3.05) is 42.7 Å². The van der Waals surface area contributed by atoms with Crippen LogP contribution in [0.1, 0.15) is 6.42 Å². The van der Waals surface area contributed by atoms with E-state index in [4.69, 9.17) is 4.74 Å². The summed E-state index contributed by atoms with van der Waals surface area (Å²) in [6.45, 7) is 2.09. The van der Waals surface area contributed by atoms with Gasteiger partial charge < -0.3 is 25.2 Å². The number of carbonyl (C=O) groups is 1. The van der Waals surface area contributed by atoms with Crippen LogP contribution in [-0.2, 0) is 0 Å². The van der Waals surface area contributed by atoms with Crippen LogP contribution < -0.4 is 20.3 Å². The van der Waals surface area contributed by atoms with Crippen molar-refractivity contribution in [2.24, 2.45) is 0 Å². The fraction of sp³-hybridized carbons (Fsp3) is 0.240. The number of anilines is 3. The largest absolute Gasteiger partial charge is 0.457 e. The number of hydrogen-bond acceptors (Lipinski definition) is 4. The van der Waals surface area contributed by atoms with Crippen molar-refractivity contribution in [2.45, 2.75) is 12.5 Å². The Morgan fingerprint density at radius 1 is 0.871 bits per heavy atom. The molecule has 160 valence electrons. The van der Waals surface area contributed by atoms with Gasteiger partial charge in [0.2, 0.25) is 0 Å². The number of benzene rings is 3. The van der Waals surface area contributed by atoms with E-state index in [1.165, 1.54) is 12.1 Å². The molecule has 1 unspecified atom stereocenters. The van der Waals surface area contributed by atoms with Crippen molar-refractivity contribution in [3.63, 3.8) is 0 Å². The third-order valence-electron chi connectivity index (χ3n) is 5.48. The average molecular weight is 417 g/mol. The Hall–Kier alpha value is -3.51. The van der Waals surface area contributed by atoms with E-state index in [1.54, 1.807) is 0 Å². The Kier molecular flexibility index (Phi) is 6.38. The highest BCUT2D eigenvalue weighted by atomic mass is 16.5. The summed E-state index contributed by atoms with van der Waals surface area (Å²) in [4.78, 5) is 17.0. The van der Waals surface area contributed by atoms with Gasteiger partial charge in [-0.2, -0.15) is 0 Å². The van der Waals surface area contributed by atoms with Gasteiger partial charge in [-0.1, -0.05) is 18.2 Å². The fourth-order valence-corrected chi connectivity index (χ4v) is 3.68. The molecular weight excluding hydrogens is 388 g/mol. The summed E-state index contributed by atoms with van der Waals surface area (Å²) in [5.74, 6) is 1.49. The number of amides is 2. The summed E-state index contributed by atoms with van der Waals surface area (Å²) >= 11 is 0. The van der Waals surface area contributed by atoms with E-state index in [2.05, 4.69) is 46.7 Å². The number of likely N-dealkylation sites (N-methyl/N-ethyl adjacent to an activating group) is 1. The van der Waals surface area contributed by atoms with Crippen LogP contribution in [-0.4, -0.2) is 44.2 Å². The number of nitrogens with zero attached hydrogens (tertiary/aromatic N) is 2. The molecule has 3 aromatic carbocycles.